The first-order chi connectivity index (χ1) is 16.9. The summed E-state index contributed by atoms with van der Waals surface area (Å²) in [4.78, 5) is 34.7. The number of aliphatic hydroxyl groups is 1. The number of amides is 1. The molecule has 200 valence electrons. The Balaban J connectivity index is 0.00000190. The van der Waals surface area contributed by atoms with Gasteiger partial charge in [0.15, 0.2) is 18.2 Å². The number of carbonyl (C=O) groups excluding carboxylic acids is 1. The first-order valence-electron chi connectivity index (χ1n) is 11.6. The molecule has 3 aromatic rings. The number of anilines is 1. The van der Waals surface area contributed by atoms with E-state index in [4.69, 9.17) is 16.3 Å². The number of pyridine rings is 3. The molecule has 1 amide bonds. The van der Waals surface area contributed by atoms with Crippen LogP contribution < -0.4 is 20.9 Å². The van der Waals surface area contributed by atoms with Gasteiger partial charge in [-0.3, -0.25) is 14.6 Å². The number of hydrogen-bond donors (Lipinski definition) is 3. The standard InChI is InChI=1S/C24H27ClN6O4.2ClH/c1-30-22(34)5-3-18-23(30)15(16(25)11-27-18)6-8-31-9-7-17(19(32)12-31)26-10-14-2-4-20-24(28-14)29-21(33)13-35-20;;/h2-5,11,17,19,26,32H,6-10,12-13H2,1H3,(H,28,29,33);2*1H/t17-,19+;;/m0../s1. The number of fused-ring (bicyclic) bond motifs is 2. The second kappa shape index (κ2) is 12.4. The van der Waals surface area contributed by atoms with Crippen LogP contribution >= 0.6 is 36.4 Å². The summed E-state index contributed by atoms with van der Waals surface area (Å²) < 4.78 is 6.93. The normalized spacial score (nSPS) is 19.3. The minimum Gasteiger partial charge on any atom is -0.480 e. The number of β-amino-alcohol motifs (C(OH)–C–C–N with tert-alkyl or cyclic N) is 1. The molecule has 2 atom stereocenters. The zero-order chi connectivity index (χ0) is 24.5. The molecule has 0 bridgehead atoms. The third-order valence-corrected chi connectivity index (χ3v) is 6.93. The van der Waals surface area contributed by atoms with Crippen LogP contribution in [0.4, 0.5) is 5.82 Å². The summed E-state index contributed by atoms with van der Waals surface area (Å²) in [7, 11) is 1.73. The number of likely N-dealkylation sites (tertiary alicyclic amines) is 1. The molecule has 2 aliphatic heterocycles. The smallest absolute Gasteiger partial charge is 0.263 e. The summed E-state index contributed by atoms with van der Waals surface area (Å²) in [5, 5.41) is 17.4. The molecule has 1 fully saturated rings. The number of aryl methyl sites for hydroxylation is 1. The van der Waals surface area contributed by atoms with Gasteiger partial charge >= 0.3 is 0 Å². The highest BCUT2D eigenvalue weighted by Crippen LogP contribution is 2.26. The van der Waals surface area contributed by atoms with Gasteiger partial charge in [0.25, 0.3) is 11.5 Å². The average molecular weight is 572 g/mol. The molecule has 37 heavy (non-hydrogen) atoms. The van der Waals surface area contributed by atoms with Gasteiger partial charge in [0.2, 0.25) is 0 Å². The fourth-order valence-corrected chi connectivity index (χ4v) is 4.92. The van der Waals surface area contributed by atoms with E-state index in [0.29, 0.717) is 42.6 Å². The highest BCUT2D eigenvalue weighted by atomic mass is 35.5. The number of hydrogen-bond acceptors (Lipinski definition) is 8. The molecule has 1 saturated heterocycles. The summed E-state index contributed by atoms with van der Waals surface area (Å²) in [6.45, 7) is 2.52. The van der Waals surface area contributed by atoms with Crippen LogP contribution in [0.1, 0.15) is 17.7 Å². The molecule has 13 heteroatoms. The van der Waals surface area contributed by atoms with Crippen molar-refractivity contribution in [2.75, 3.05) is 31.6 Å². The number of nitrogens with one attached hydrogen (secondary N) is 2. The molecule has 0 spiro atoms. The van der Waals surface area contributed by atoms with E-state index in [9.17, 15) is 14.7 Å². The zero-order valence-electron chi connectivity index (χ0n) is 20.1. The third kappa shape index (κ3) is 6.34. The predicted molar refractivity (Wildman–Crippen MR) is 146 cm³/mol. The lowest BCUT2D eigenvalue weighted by Gasteiger charge is -2.36. The molecule has 0 aromatic carbocycles. The van der Waals surface area contributed by atoms with Crippen LogP contribution in [0.2, 0.25) is 5.02 Å². The quantitative estimate of drug-likeness (QED) is 0.410. The molecule has 5 heterocycles. The SMILES string of the molecule is Cl.Cl.Cn1c(=O)ccc2ncc(Cl)c(CCN3CC[C@H](NCc4ccc5c(n4)NC(=O)CO5)[C@H](O)C3)c21. The minimum atomic E-state index is -0.543. The van der Waals surface area contributed by atoms with Crippen molar-refractivity contribution in [2.24, 2.45) is 7.05 Å². The first-order valence-corrected chi connectivity index (χ1v) is 12.0. The van der Waals surface area contributed by atoms with E-state index >= 15 is 0 Å². The monoisotopic (exact) mass is 570 g/mol. The van der Waals surface area contributed by atoms with Crippen molar-refractivity contribution in [3.8, 4) is 5.75 Å². The molecular weight excluding hydrogens is 543 g/mol. The van der Waals surface area contributed by atoms with Crippen LogP contribution in [0.3, 0.4) is 0 Å². The number of carbonyl (C=O) groups is 1. The van der Waals surface area contributed by atoms with Crippen LogP contribution in [0.5, 0.6) is 5.75 Å². The van der Waals surface area contributed by atoms with Gasteiger partial charge in [-0.25, -0.2) is 4.98 Å². The van der Waals surface area contributed by atoms with Crippen LogP contribution in [0.15, 0.2) is 35.3 Å². The number of rotatable bonds is 6. The average Bonchev–Trinajstić information content (AvgIpc) is 2.85. The molecule has 2 aliphatic rings. The molecule has 3 aromatic heterocycles. The van der Waals surface area contributed by atoms with E-state index in [1.165, 1.54) is 6.07 Å². The van der Waals surface area contributed by atoms with Crippen molar-refractivity contribution < 1.29 is 14.6 Å². The van der Waals surface area contributed by atoms with Gasteiger partial charge in [0.1, 0.15) is 0 Å². The summed E-state index contributed by atoms with van der Waals surface area (Å²) in [6.07, 6.45) is 2.50. The van der Waals surface area contributed by atoms with Crippen molar-refractivity contribution >= 4 is 59.2 Å². The maximum Gasteiger partial charge on any atom is 0.263 e. The Kier molecular flexibility index (Phi) is 9.74. The molecule has 0 saturated carbocycles. The molecular formula is C24H29Cl3N6O4. The lowest BCUT2D eigenvalue weighted by atomic mass is 10.0. The number of aliphatic hydroxyl groups excluding tert-OH is 1. The highest BCUT2D eigenvalue weighted by molar-refractivity contribution is 6.32. The Hall–Kier alpha value is -2.47. The van der Waals surface area contributed by atoms with Crippen LogP contribution in [0, 0.1) is 0 Å². The summed E-state index contributed by atoms with van der Waals surface area (Å²) in [5.74, 6) is 0.765. The minimum absolute atomic E-state index is 0. The van der Waals surface area contributed by atoms with Gasteiger partial charge in [0.05, 0.1) is 27.9 Å². The fraction of sp³-hybridized carbons (Fsp3) is 0.417. The topological polar surface area (TPSA) is 122 Å². The van der Waals surface area contributed by atoms with E-state index in [-0.39, 0.29) is 48.9 Å². The van der Waals surface area contributed by atoms with Crippen molar-refractivity contribution in [1.82, 2.24) is 24.8 Å². The van der Waals surface area contributed by atoms with Crippen molar-refractivity contribution in [2.45, 2.75) is 31.5 Å². The Labute approximate surface area is 231 Å². The number of piperidine rings is 1. The van der Waals surface area contributed by atoms with Crippen molar-refractivity contribution in [1.29, 1.82) is 0 Å². The molecule has 0 radical (unpaired) electrons. The molecule has 3 N–H and O–H groups in total. The number of ether oxygens (including phenoxy) is 1. The Morgan fingerprint density at radius 1 is 1.24 bits per heavy atom. The van der Waals surface area contributed by atoms with Crippen LogP contribution in [-0.4, -0.2) is 68.8 Å². The van der Waals surface area contributed by atoms with Crippen molar-refractivity contribution in [3.05, 3.63) is 57.1 Å². The fourth-order valence-electron chi connectivity index (χ4n) is 4.69. The third-order valence-electron chi connectivity index (χ3n) is 6.61. The molecule has 0 aliphatic carbocycles. The van der Waals surface area contributed by atoms with Gasteiger partial charge in [0, 0.05) is 45.0 Å². The van der Waals surface area contributed by atoms with Gasteiger partial charge in [-0.15, -0.1) is 24.8 Å². The number of aromatic nitrogens is 3. The molecule has 5 rings (SSSR count). The molecule has 0 unspecified atom stereocenters. The van der Waals surface area contributed by atoms with Gasteiger partial charge in [-0.2, -0.15) is 0 Å². The Bertz CT molecular complexity index is 1340. The zero-order valence-corrected chi connectivity index (χ0v) is 22.5. The van der Waals surface area contributed by atoms with E-state index in [1.807, 2.05) is 6.07 Å². The van der Waals surface area contributed by atoms with Gasteiger partial charge < -0.3 is 29.9 Å². The van der Waals surface area contributed by atoms with E-state index in [0.717, 1.165) is 35.3 Å². The van der Waals surface area contributed by atoms with Gasteiger partial charge in [-0.05, 0) is 43.1 Å². The summed E-state index contributed by atoms with van der Waals surface area (Å²) in [6, 6.07) is 6.80. The lowest BCUT2D eigenvalue weighted by Crippen LogP contribution is -2.52. The maximum absolute atomic E-state index is 12.1. The second-order valence-corrected chi connectivity index (χ2v) is 9.34. The van der Waals surface area contributed by atoms with E-state index in [1.54, 1.807) is 29.9 Å². The number of halogens is 3. The Morgan fingerprint density at radius 2 is 2.05 bits per heavy atom. The maximum atomic E-state index is 12.1. The summed E-state index contributed by atoms with van der Waals surface area (Å²) in [5.41, 5.74) is 3.03. The van der Waals surface area contributed by atoms with Crippen LogP contribution in [0.25, 0.3) is 11.0 Å². The van der Waals surface area contributed by atoms with E-state index in [2.05, 4.69) is 25.5 Å². The number of nitrogens with zero attached hydrogens (tertiary/aromatic N) is 4. The van der Waals surface area contributed by atoms with Gasteiger partial charge in [-0.1, -0.05) is 11.6 Å². The van der Waals surface area contributed by atoms with Crippen LogP contribution in [-0.2, 0) is 24.8 Å². The summed E-state index contributed by atoms with van der Waals surface area (Å²) >= 11 is 6.46. The highest BCUT2D eigenvalue weighted by Gasteiger charge is 2.28. The first kappa shape index (κ1) is 29.1. The Morgan fingerprint density at radius 3 is 2.84 bits per heavy atom. The predicted octanol–water partition coefficient (Wildman–Crippen LogP) is 1.92. The largest absolute Gasteiger partial charge is 0.480 e. The van der Waals surface area contributed by atoms with E-state index < -0.39 is 6.10 Å². The second-order valence-electron chi connectivity index (χ2n) is 8.93. The lowest BCUT2D eigenvalue weighted by molar-refractivity contribution is -0.118. The molecule has 10 nitrogen and oxygen atoms in total. The van der Waals surface area contributed by atoms with Crippen molar-refractivity contribution in [3.63, 3.8) is 0 Å².